The Kier molecular flexibility index (Phi) is 6.07. The van der Waals surface area contributed by atoms with Crippen LogP contribution in [0, 0.1) is 6.92 Å². The van der Waals surface area contributed by atoms with Crippen molar-refractivity contribution in [2.75, 3.05) is 49.7 Å². The van der Waals surface area contributed by atoms with Crippen molar-refractivity contribution in [2.24, 2.45) is 0 Å². The number of aryl methyl sites for hydroxylation is 2. The number of carbonyl (C=O) groups is 1. The zero-order valence-corrected chi connectivity index (χ0v) is 13.8. The summed E-state index contributed by atoms with van der Waals surface area (Å²) in [4.78, 5) is 13.9. The van der Waals surface area contributed by atoms with Gasteiger partial charge in [-0.3, -0.25) is 4.79 Å². The van der Waals surface area contributed by atoms with Crippen molar-refractivity contribution in [2.45, 2.75) is 27.2 Å². The van der Waals surface area contributed by atoms with Crippen molar-refractivity contribution < 1.29 is 14.3 Å². The van der Waals surface area contributed by atoms with Crippen LogP contribution in [0.4, 0.5) is 11.4 Å². The Labute approximate surface area is 132 Å². The maximum Gasteiger partial charge on any atom is 0.325 e. The Bertz CT molecular complexity index is 511. The van der Waals surface area contributed by atoms with Gasteiger partial charge >= 0.3 is 5.97 Å². The summed E-state index contributed by atoms with van der Waals surface area (Å²) in [6.45, 7) is 10.1. The van der Waals surface area contributed by atoms with Gasteiger partial charge in [-0.1, -0.05) is 6.92 Å². The molecule has 5 heteroatoms. The van der Waals surface area contributed by atoms with E-state index in [2.05, 4.69) is 36.2 Å². The van der Waals surface area contributed by atoms with E-state index in [1.165, 1.54) is 11.3 Å². The van der Waals surface area contributed by atoms with Crippen LogP contribution in [0.1, 0.15) is 25.0 Å². The molecule has 122 valence electrons. The van der Waals surface area contributed by atoms with Crippen LogP contribution in [0.2, 0.25) is 0 Å². The third kappa shape index (κ3) is 4.13. The number of anilines is 2. The van der Waals surface area contributed by atoms with Gasteiger partial charge in [-0.2, -0.15) is 0 Å². The first-order valence-corrected chi connectivity index (χ1v) is 8.01. The van der Waals surface area contributed by atoms with Crippen LogP contribution in [0.3, 0.4) is 0 Å². The van der Waals surface area contributed by atoms with E-state index >= 15 is 0 Å². The highest BCUT2D eigenvalue weighted by Gasteiger charge is 2.15. The first-order valence-electron chi connectivity index (χ1n) is 8.01. The summed E-state index contributed by atoms with van der Waals surface area (Å²) in [5, 5.41) is 3.23. The van der Waals surface area contributed by atoms with Crippen LogP contribution in [0.15, 0.2) is 12.1 Å². The summed E-state index contributed by atoms with van der Waals surface area (Å²) in [6, 6.07) is 4.39. The van der Waals surface area contributed by atoms with Gasteiger partial charge in [0, 0.05) is 24.5 Å². The van der Waals surface area contributed by atoms with Gasteiger partial charge in [-0.05, 0) is 43.5 Å². The van der Waals surface area contributed by atoms with E-state index < -0.39 is 0 Å². The van der Waals surface area contributed by atoms with Crippen molar-refractivity contribution in [3.8, 4) is 0 Å². The number of nitrogens with zero attached hydrogens (tertiary/aromatic N) is 1. The molecular weight excluding hydrogens is 280 g/mol. The van der Waals surface area contributed by atoms with Crippen LogP contribution in [-0.2, 0) is 20.7 Å². The van der Waals surface area contributed by atoms with Gasteiger partial charge in [0.25, 0.3) is 0 Å². The van der Waals surface area contributed by atoms with Gasteiger partial charge in [0.05, 0.1) is 19.8 Å². The number of esters is 1. The zero-order valence-electron chi connectivity index (χ0n) is 13.8. The zero-order chi connectivity index (χ0) is 15.9. The molecular formula is C17H26N2O3. The molecule has 1 heterocycles. The summed E-state index contributed by atoms with van der Waals surface area (Å²) in [6.07, 6.45) is 0.921. The second kappa shape index (κ2) is 8.03. The van der Waals surface area contributed by atoms with Gasteiger partial charge in [-0.25, -0.2) is 0 Å². The standard InChI is InChI=1S/C17H26N2O3/c1-4-14-11-15(19-6-8-21-9-7-19)10-13(3)17(14)18-12-16(20)22-5-2/h10-11,18H,4-9,12H2,1-3H3. The van der Waals surface area contributed by atoms with E-state index in [4.69, 9.17) is 9.47 Å². The van der Waals surface area contributed by atoms with E-state index in [0.717, 1.165) is 44.0 Å². The predicted octanol–water partition coefficient (Wildman–Crippen LogP) is 2.37. The molecule has 0 atom stereocenters. The number of ether oxygens (including phenoxy) is 2. The molecule has 0 bridgehead atoms. The Morgan fingerprint density at radius 1 is 1.32 bits per heavy atom. The Hall–Kier alpha value is -1.75. The summed E-state index contributed by atoms with van der Waals surface area (Å²) < 4.78 is 10.4. The number of morpholine rings is 1. The van der Waals surface area contributed by atoms with Gasteiger partial charge < -0.3 is 19.7 Å². The molecule has 1 aliphatic heterocycles. The lowest BCUT2D eigenvalue weighted by Gasteiger charge is -2.30. The smallest absolute Gasteiger partial charge is 0.325 e. The van der Waals surface area contributed by atoms with Crippen molar-refractivity contribution in [1.29, 1.82) is 0 Å². The molecule has 0 aromatic heterocycles. The fraction of sp³-hybridized carbons (Fsp3) is 0.588. The summed E-state index contributed by atoms with van der Waals surface area (Å²) in [7, 11) is 0. The SMILES string of the molecule is CCOC(=O)CNc1c(C)cc(N2CCOCC2)cc1CC. The third-order valence-electron chi connectivity index (χ3n) is 3.87. The molecule has 0 aliphatic carbocycles. The highest BCUT2D eigenvalue weighted by Crippen LogP contribution is 2.28. The van der Waals surface area contributed by atoms with E-state index in [0.29, 0.717) is 6.61 Å². The molecule has 0 radical (unpaired) electrons. The molecule has 1 aliphatic rings. The highest BCUT2D eigenvalue weighted by molar-refractivity contribution is 5.77. The Morgan fingerprint density at radius 2 is 2.05 bits per heavy atom. The minimum Gasteiger partial charge on any atom is -0.465 e. The van der Waals surface area contributed by atoms with Gasteiger partial charge in [0.2, 0.25) is 0 Å². The number of benzene rings is 1. The van der Waals surface area contributed by atoms with Gasteiger partial charge in [-0.15, -0.1) is 0 Å². The second-order valence-corrected chi connectivity index (χ2v) is 5.41. The number of nitrogens with one attached hydrogen (secondary N) is 1. The quantitative estimate of drug-likeness (QED) is 0.818. The molecule has 22 heavy (non-hydrogen) atoms. The Morgan fingerprint density at radius 3 is 2.68 bits per heavy atom. The average molecular weight is 306 g/mol. The van der Waals surface area contributed by atoms with Crippen LogP contribution in [0.25, 0.3) is 0 Å². The Balaban J connectivity index is 2.14. The number of hydrogen-bond donors (Lipinski definition) is 1. The fourth-order valence-electron chi connectivity index (χ4n) is 2.75. The van der Waals surface area contributed by atoms with E-state index in [-0.39, 0.29) is 12.5 Å². The number of rotatable bonds is 6. The lowest BCUT2D eigenvalue weighted by Crippen LogP contribution is -2.36. The number of carbonyl (C=O) groups excluding carboxylic acids is 1. The molecule has 1 N–H and O–H groups in total. The molecule has 0 unspecified atom stereocenters. The largest absolute Gasteiger partial charge is 0.465 e. The molecule has 1 aromatic carbocycles. The molecule has 0 spiro atoms. The lowest BCUT2D eigenvalue weighted by molar-refractivity contribution is -0.140. The summed E-state index contributed by atoms with van der Waals surface area (Å²) >= 11 is 0. The third-order valence-corrected chi connectivity index (χ3v) is 3.87. The van der Waals surface area contributed by atoms with Crippen LogP contribution in [0.5, 0.6) is 0 Å². The van der Waals surface area contributed by atoms with E-state index in [1.807, 2.05) is 6.92 Å². The van der Waals surface area contributed by atoms with Crippen LogP contribution in [-0.4, -0.2) is 45.4 Å². The van der Waals surface area contributed by atoms with Crippen LogP contribution < -0.4 is 10.2 Å². The first kappa shape index (κ1) is 16.6. The van der Waals surface area contributed by atoms with Crippen molar-refractivity contribution in [1.82, 2.24) is 0 Å². The van der Waals surface area contributed by atoms with E-state index in [9.17, 15) is 4.79 Å². The maximum atomic E-state index is 11.5. The van der Waals surface area contributed by atoms with Crippen LogP contribution >= 0.6 is 0 Å². The topological polar surface area (TPSA) is 50.8 Å². The summed E-state index contributed by atoms with van der Waals surface area (Å²) in [5.41, 5.74) is 4.67. The normalized spacial score (nSPS) is 14.8. The average Bonchev–Trinajstić information content (AvgIpc) is 2.54. The molecule has 0 amide bonds. The fourth-order valence-corrected chi connectivity index (χ4v) is 2.75. The minimum atomic E-state index is -0.221. The minimum absolute atomic E-state index is 0.207. The molecule has 1 saturated heterocycles. The predicted molar refractivity (Wildman–Crippen MR) is 88.7 cm³/mol. The van der Waals surface area contributed by atoms with Gasteiger partial charge in [0.1, 0.15) is 6.54 Å². The van der Waals surface area contributed by atoms with Gasteiger partial charge in [0.15, 0.2) is 0 Å². The molecule has 1 aromatic rings. The molecule has 0 saturated carbocycles. The highest BCUT2D eigenvalue weighted by atomic mass is 16.5. The van der Waals surface area contributed by atoms with Crippen molar-refractivity contribution >= 4 is 17.3 Å². The molecule has 5 nitrogen and oxygen atoms in total. The molecule has 1 fully saturated rings. The second-order valence-electron chi connectivity index (χ2n) is 5.41. The number of hydrogen-bond acceptors (Lipinski definition) is 5. The first-order chi connectivity index (χ1) is 10.7. The monoisotopic (exact) mass is 306 g/mol. The van der Waals surface area contributed by atoms with Crippen molar-refractivity contribution in [3.05, 3.63) is 23.3 Å². The van der Waals surface area contributed by atoms with E-state index in [1.54, 1.807) is 0 Å². The maximum absolute atomic E-state index is 11.5. The lowest BCUT2D eigenvalue weighted by atomic mass is 10.0. The molecule has 2 rings (SSSR count). The summed E-state index contributed by atoms with van der Waals surface area (Å²) in [5.74, 6) is -0.221. The van der Waals surface area contributed by atoms with Crippen molar-refractivity contribution in [3.63, 3.8) is 0 Å².